The van der Waals surface area contributed by atoms with Crippen LogP contribution in [0.4, 0.5) is 5.69 Å². The lowest BCUT2D eigenvalue weighted by molar-refractivity contribution is -0.259. The second kappa shape index (κ2) is 9.45. The highest BCUT2D eigenvalue weighted by molar-refractivity contribution is 6.06. The van der Waals surface area contributed by atoms with Gasteiger partial charge < -0.3 is 34.6 Å². The van der Waals surface area contributed by atoms with Crippen molar-refractivity contribution in [3.05, 3.63) is 83.4 Å². The van der Waals surface area contributed by atoms with Crippen LogP contribution in [-0.4, -0.2) is 24.5 Å². The molecule has 3 aromatic carbocycles. The van der Waals surface area contributed by atoms with E-state index in [0.29, 0.717) is 29.4 Å². The van der Waals surface area contributed by atoms with Crippen molar-refractivity contribution < 1.29 is 34.1 Å². The average molecular weight is 419 g/mol. The predicted octanol–water partition coefficient (Wildman–Crippen LogP) is 1.86. The smallest absolute Gasteiger partial charge is 0.259 e. The molecule has 0 spiro atoms. The van der Waals surface area contributed by atoms with Crippen LogP contribution >= 0.6 is 0 Å². The largest absolute Gasteiger partial charge is 0.545 e. The fraction of sp³-hybridized carbons (Fsp3) is 0.0870. The number of carboxylic acid groups (broad SMARTS) is 2. The average Bonchev–Trinajstić information content (AvgIpc) is 2.75. The molecule has 0 aromatic heterocycles. The Bertz CT molecular complexity index is 1120. The van der Waals surface area contributed by atoms with Gasteiger partial charge in [0.2, 0.25) is 0 Å². The van der Waals surface area contributed by atoms with Crippen molar-refractivity contribution in [2.24, 2.45) is 0 Å². The highest BCUT2D eigenvalue weighted by atomic mass is 16.5. The number of hydrogen-bond acceptors (Lipinski definition) is 7. The maximum atomic E-state index is 12.5. The normalized spacial score (nSPS) is 10.2. The molecule has 0 unspecified atom stereocenters. The third kappa shape index (κ3) is 5.18. The van der Waals surface area contributed by atoms with E-state index in [1.807, 2.05) is 6.92 Å². The molecule has 0 atom stereocenters. The number of hydrogen-bond donors (Lipinski definition) is 1. The first-order chi connectivity index (χ1) is 14.9. The number of aromatic carboxylic acids is 2. The van der Waals surface area contributed by atoms with E-state index in [-0.39, 0.29) is 11.7 Å². The lowest BCUT2D eigenvalue weighted by atomic mass is 10.1. The van der Waals surface area contributed by atoms with Crippen molar-refractivity contribution in [1.82, 2.24) is 0 Å². The SMILES string of the molecule is CCOc1ccccc1C(=O)Nc1ccc(Oc2ccc(C(=O)[O-])c(C(=O)[O-])c2)cc1. The Kier molecular flexibility index (Phi) is 6.51. The van der Waals surface area contributed by atoms with Gasteiger partial charge in [-0.15, -0.1) is 0 Å². The minimum absolute atomic E-state index is 0.103. The van der Waals surface area contributed by atoms with Crippen molar-refractivity contribution in [1.29, 1.82) is 0 Å². The molecule has 3 aromatic rings. The van der Waals surface area contributed by atoms with E-state index in [0.717, 1.165) is 12.1 Å². The molecule has 8 heteroatoms. The van der Waals surface area contributed by atoms with Crippen LogP contribution in [0.2, 0.25) is 0 Å². The molecular weight excluding hydrogens is 402 g/mol. The number of benzene rings is 3. The number of nitrogens with one attached hydrogen (secondary N) is 1. The van der Waals surface area contributed by atoms with Crippen molar-refractivity contribution in [2.45, 2.75) is 6.92 Å². The van der Waals surface area contributed by atoms with Crippen molar-refractivity contribution >= 4 is 23.5 Å². The Morgan fingerprint density at radius 2 is 1.45 bits per heavy atom. The minimum atomic E-state index is -1.66. The predicted molar refractivity (Wildman–Crippen MR) is 107 cm³/mol. The van der Waals surface area contributed by atoms with Gasteiger partial charge in [0.15, 0.2) is 0 Å². The maximum Gasteiger partial charge on any atom is 0.259 e. The molecule has 31 heavy (non-hydrogen) atoms. The van der Waals surface area contributed by atoms with Gasteiger partial charge in [0.25, 0.3) is 5.91 Å². The number of para-hydroxylation sites is 1. The topological polar surface area (TPSA) is 128 Å². The molecule has 0 aliphatic rings. The first-order valence-electron chi connectivity index (χ1n) is 9.27. The quantitative estimate of drug-likeness (QED) is 0.590. The molecule has 8 nitrogen and oxygen atoms in total. The van der Waals surface area contributed by atoms with Gasteiger partial charge in [-0.2, -0.15) is 0 Å². The summed E-state index contributed by atoms with van der Waals surface area (Å²) in [6.45, 7) is 2.26. The van der Waals surface area contributed by atoms with Gasteiger partial charge in [0.1, 0.15) is 17.2 Å². The fourth-order valence-corrected chi connectivity index (χ4v) is 2.81. The van der Waals surface area contributed by atoms with Crippen LogP contribution in [0.5, 0.6) is 17.2 Å². The number of amides is 1. The van der Waals surface area contributed by atoms with Crippen LogP contribution in [0.3, 0.4) is 0 Å². The molecule has 0 heterocycles. The number of carboxylic acids is 2. The van der Waals surface area contributed by atoms with Crippen LogP contribution < -0.4 is 25.0 Å². The molecule has 0 saturated carbocycles. The van der Waals surface area contributed by atoms with Gasteiger partial charge in [0, 0.05) is 16.8 Å². The molecule has 1 amide bonds. The van der Waals surface area contributed by atoms with Gasteiger partial charge in [-0.05, 0) is 61.5 Å². The molecule has 3 rings (SSSR count). The van der Waals surface area contributed by atoms with Crippen LogP contribution in [-0.2, 0) is 0 Å². The van der Waals surface area contributed by atoms with Crippen LogP contribution in [0.25, 0.3) is 0 Å². The minimum Gasteiger partial charge on any atom is -0.545 e. The van der Waals surface area contributed by atoms with E-state index >= 15 is 0 Å². The Morgan fingerprint density at radius 1 is 0.806 bits per heavy atom. The van der Waals surface area contributed by atoms with Gasteiger partial charge >= 0.3 is 0 Å². The van der Waals surface area contributed by atoms with E-state index in [4.69, 9.17) is 9.47 Å². The summed E-state index contributed by atoms with van der Waals surface area (Å²) in [7, 11) is 0. The van der Waals surface area contributed by atoms with Crippen molar-refractivity contribution in [3.8, 4) is 17.2 Å². The van der Waals surface area contributed by atoms with E-state index in [1.54, 1.807) is 48.5 Å². The van der Waals surface area contributed by atoms with Gasteiger partial charge in [-0.25, -0.2) is 0 Å². The Hall–Kier alpha value is -4.33. The number of rotatable bonds is 8. The fourth-order valence-electron chi connectivity index (χ4n) is 2.81. The summed E-state index contributed by atoms with van der Waals surface area (Å²) in [5, 5.41) is 24.9. The summed E-state index contributed by atoms with van der Waals surface area (Å²) < 4.78 is 11.0. The lowest BCUT2D eigenvalue weighted by Gasteiger charge is -2.14. The van der Waals surface area contributed by atoms with Crippen molar-refractivity contribution in [2.75, 3.05) is 11.9 Å². The molecule has 0 aliphatic carbocycles. The van der Waals surface area contributed by atoms with Crippen LogP contribution in [0, 0.1) is 0 Å². The number of carbonyl (C=O) groups is 3. The Balaban J connectivity index is 1.73. The summed E-state index contributed by atoms with van der Waals surface area (Å²) in [6.07, 6.45) is 0. The summed E-state index contributed by atoms with van der Waals surface area (Å²) in [5.41, 5.74) is -0.147. The molecular formula is C23H17NO7-2. The summed E-state index contributed by atoms with van der Waals surface area (Å²) in [4.78, 5) is 34.7. The molecule has 0 bridgehead atoms. The Labute approximate surface area is 177 Å². The van der Waals surface area contributed by atoms with Crippen LogP contribution in [0.1, 0.15) is 38.0 Å². The molecule has 0 fully saturated rings. The van der Waals surface area contributed by atoms with Gasteiger partial charge in [-0.3, -0.25) is 4.79 Å². The summed E-state index contributed by atoms with van der Waals surface area (Å²) in [6, 6.07) is 16.6. The first kappa shape index (κ1) is 21.4. The number of ether oxygens (including phenoxy) is 2. The maximum absolute atomic E-state index is 12.5. The number of anilines is 1. The zero-order chi connectivity index (χ0) is 22.4. The molecule has 158 valence electrons. The highest BCUT2D eigenvalue weighted by Gasteiger charge is 2.12. The zero-order valence-electron chi connectivity index (χ0n) is 16.4. The summed E-state index contributed by atoms with van der Waals surface area (Å²) >= 11 is 0. The Morgan fingerprint density at radius 3 is 2.10 bits per heavy atom. The van der Waals surface area contributed by atoms with E-state index in [9.17, 15) is 24.6 Å². The van der Waals surface area contributed by atoms with E-state index < -0.39 is 23.1 Å². The second-order valence-electron chi connectivity index (χ2n) is 6.29. The monoisotopic (exact) mass is 419 g/mol. The van der Waals surface area contributed by atoms with E-state index in [2.05, 4.69) is 5.32 Å². The van der Waals surface area contributed by atoms with Gasteiger partial charge in [-0.1, -0.05) is 12.1 Å². The standard InChI is InChI=1S/C23H19NO7/c1-2-30-20-6-4-3-5-18(20)21(25)24-14-7-9-15(10-8-14)31-16-11-12-17(22(26)27)19(13-16)23(28)29/h3-13H,2H2,1H3,(H,24,25)(H,26,27)(H,28,29)/p-2. The molecule has 1 N–H and O–H groups in total. The lowest BCUT2D eigenvalue weighted by Crippen LogP contribution is -2.30. The molecule has 0 aliphatic heterocycles. The second-order valence-corrected chi connectivity index (χ2v) is 6.29. The summed E-state index contributed by atoms with van der Waals surface area (Å²) in [5.74, 6) is -2.70. The van der Waals surface area contributed by atoms with Gasteiger partial charge in [0.05, 0.1) is 24.1 Å². The zero-order valence-corrected chi connectivity index (χ0v) is 16.4. The highest BCUT2D eigenvalue weighted by Crippen LogP contribution is 2.26. The first-order valence-corrected chi connectivity index (χ1v) is 9.27. The molecule has 0 saturated heterocycles. The number of carbonyl (C=O) groups excluding carboxylic acids is 3. The third-order valence-corrected chi connectivity index (χ3v) is 4.21. The van der Waals surface area contributed by atoms with E-state index in [1.165, 1.54) is 6.07 Å². The van der Waals surface area contributed by atoms with Crippen LogP contribution in [0.15, 0.2) is 66.7 Å². The third-order valence-electron chi connectivity index (χ3n) is 4.21. The molecule has 0 radical (unpaired) electrons. The van der Waals surface area contributed by atoms with Crippen molar-refractivity contribution in [3.63, 3.8) is 0 Å².